The number of rotatable bonds is 6. The molecule has 2 rings (SSSR count). The van der Waals surface area contributed by atoms with Crippen LogP contribution in [0.2, 0.25) is 0 Å². The molecule has 0 aromatic rings. The number of fused-ring (bicyclic) bond motifs is 2. The van der Waals surface area contributed by atoms with Crippen molar-refractivity contribution < 1.29 is 9.53 Å². The molecule has 4 nitrogen and oxygen atoms in total. The van der Waals surface area contributed by atoms with Gasteiger partial charge in [0, 0.05) is 24.2 Å². The zero-order valence-electron chi connectivity index (χ0n) is 13.4. The van der Waals surface area contributed by atoms with E-state index in [1.54, 1.807) is 0 Å². The van der Waals surface area contributed by atoms with Gasteiger partial charge >= 0.3 is 5.97 Å². The molecule has 4 atom stereocenters. The molecule has 20 heavy (non-hydrogen) atoms. The number of piperidine rings is 1. The number of nitrogens with one attached hydrogen (secondary N) is 1. The summed E-state index contributed by atoms with van der Waals surface area (Å²) in [5.41, 5.74) is 0. The second-order valence-corrected chi connectivity index (χ2v) is 6.55. The predicted molar refractivity (Wildman–Crippen MR) is 80.6 cm³/mol. The van der Waals surface area contributed by atoms with E-state index in [0.29, 0.717) is 18.1 Å². The molecule has 2 saturated heterocycles. The van der Waals surface area contributed by atoms with Gasteiger partial charge in [0.25, 0.3) is 0 Å². The zero-order valence-corrected chi connectivity index (χ0v) is 13.4. The van der Waals surface area contributed by atoms with Crippen LogP contribution >= 0.6 is 0 Å². The molecule has 4 heteroatoms. The maximum atomic E-state index is 11.8. The molecule has 2 heterocycles. The highest BCUT2D eigenvalue weighted by atomic mass is 16.5. The Kier molecular flexibility index (Phi) is 5.44. The van der Waals surface area contributed by atoms with Crippen molar-refractivity contribution in [3.05, 3.63) is 0 Å². The van der Waals surface area contributed by atoms with E-state index in [1.165, 1.54) is 32.8 Å². The van der Waals surface area contributed by atoms with Crippen molar-refractivity contribution in [3.63, 3.8) is 0 Å². The number of esters is 1. The van der Waals surface area contributed by atoms with Gasteiger partial charge in [-0.3, -0.25) is 9.69 Å². The van der Waals surface area contributed by atoms with Crippen LogP contribution in [-0.4, -0.2) is 48.7 Å². The molecule has 1 N–H and O–H groups in total. The molecular formula is C16H30N2O2. The Morgan fingerprint density at radius 1 is 1.30 bits per heavy atom. The molecule has 0 aromatic carbocycles. The van der Waals surface area contributed by atoms with Crippen molar-refractivity contribution in [1.82, 2.24) is 10.2 Å². The fourth-order valence-corrected chi connectivity index (χ4v) is 3.95. The van der Waals surface area contributed by atoms with Crippen LogP contribution in [0.3, 0.4) is 0 Å². The third-order valence-corrected chi connectivity index (χ3v) is 5.22. The van der Waals surface area contributed by atoms with Gasteiger partial charge in [-0.1, -0.05) is 13.8 Å². The lowest BCUT2D eigenvalue weighted by atomic mass is 9.93. The normalized spacial score (nSPS) is 32.1. The van der Waals surface area contributed by atoms with Crippen LogP contribution in [-0.2, 0) is 9.53 Å². The molecule has 2 aliphatic heterocycles. The van der Waals surface area contributed by atoms with Crippen molar-refractivity contribution in [2.24, 2.45) is 5.92 Å². The molecule has 2 fully saturated rings. The van der Waals surface area contributed by atoms with Gasteiger partial charge in [0.15, 0.2) is 0 Å². The van der Waals surface area contributed by atoms with Gasteiger partial charge in [0.2, 0.25) is 0 Å². The lowest BCUT2D eigenvalue weighted by Crippen LogP contribution is -2.53. The number of hydrogen-bond acceptors (Lipinski definition) is 4. The molecule has 2 bridgehead atoms. The minimum atomic E-state index is -0.0875. The Hall–Kier alpha value is -0.610. The Morgan fingerprint density at radius 2 is 1.90 bits per heavy atom. The molecule has 0 aliphatic carbocycles. The van der Waals surface area contributed by atoms with Crippen molar-refractivity contribution >= 4 is 5.97 Å². The Bertz CT molecular complexity index is 322. The summed E-state index contributed by atoms with van der Waals surface area (Å²) >= 11 is 0. The maximum Gasteiger partial charge on any atom is 0.309 e. The first-order chi connectivity index (χ1) is 9.56. The first kappa shape index (κ1) is 15.8. The zero-order chi connectivity index (χ0) is 14.7. The van der Waals surface area contributed by atoms with Crippen LogP contribution in [0.25, 0.3) is 0 Å². The average Bonchev–Trinajstić information content (AvgIpc) is 2.80. The van der Waals surface area contributed by atoms with Crippen molar-refractivity contribution in [1.29, 1.82) is 0 Å². The third kappa shape index (κ3) is 3.34. The number of hydrogen-bond donors (Lipinski definition) is 1. The van der Waals surface area contributed by atoms with E-state index < -0.39 is 0 Å². The number of methoxy groups -OCH3 is 1. The summed E-state index contributed by atoms with van der Waals surface area (Å²) in [5.74, 6) is -0.144. The van der Waals surface area contributed by atoms with E-state index in [4.69, 9.17) is 4.74 Å². The molecule has 4 unspecified atom stereocenters. The molecule has 116 valence electrons. The first-order valence-electron chi connectivity index (χ1n) is 8.16. The van der Waals surface area contributed by atoms with Crippen LogP contribution in [0.4, 0.5) is 0 Å². The SMILES string of the molecule is CCCN(C1CC2CCC(C1)N2)C(C)C(C)C(=O)OC. The van der Waals surface area contributed by atoms with Crippen LogP contribution in [0, 0.1) is 5.92 Å². The number of carbonyl (C=O) groups excluding carboxylic acids is 1. The molecule has 0 spiro atoms. The lowest BCUT2D eigenvalue weighted by Gasteiger charge is -2.42. The predicted octanol–water partition coefficient (Wildman–Crippen LogP) is 2.18. The monoisotopic (exact) mass is 282 g/mol. The second-order valence-electron chi connectivity index (χ2n) is 6.55. The van der Waals surface area contributed by atoms with Gasteiger partial charge in [0.1, 0.15) is 0 Å². The first-order valence-corrected chi connectivity index (χ1v) is 8.16. The number of carbonyl (C=O) groups is 1. The van der Waals surface area contributed by atoms with E-state index in [9.17, 15) is 4.79 Å². The number of nitrogens with zero attached hydrogens (tertiary/aromatic N) is 1. The van der Waals surface area contributed by atoms with Crippen LogP contribution in [0.15, 0.2) is 0 Å². The Morgan fingerprint density at radius 3 is 2.40 bits per heavy atom. The minimum absolute atomic E-state index is 0.0564. The summed E-state index contributed by atoms with van der Waals surface area (Å²) in [6.07, 6.45) is 6.24. The van der Waals surface area contributed by atoms with Crippen LogP contribution in [0.1, 0.15) is 52.9 Å². The molecule has 0 amide bonds. The van der Waals surface area contributed by atoms with Gasteiger partial charge in [-0.05, 0) is 45.6 Å². The van der Waals surface area contributed by atoms with Crippen molar-refractivity contribution in [2.45, 2.75) is 77.0 Å². The van der Waals surface area contributed by atoms with E-state index in [0.717, 1.165) is 13.0 Å². The van der Waals surface area contributed by atoms with Gasteiger partial charge in [0.05, 0.1) is 13.0 Å². The highest BCUT2D eigenvalue weighted by Crippen LogP contribution is 2.31. The summed E-state index contributed by atoms with van der Waals surface area (Å²) in [7, 11) is 1.49. The lowest BCUT2D eigenvalue weighted by molar-refractivity contribution is -0.147. The molecule has 0 aromatic heterocycles. The maximum absolute atomic E-state index is 11.8. The third-order valence-electron chi connectivity index (χ3n) is 5.22. The molecule has 0 saturated carbocycles. The standard InChI is InChI=1S/C16H30N2O2/c1-5-8-18(12(3)11(2)16(19)20-4)15-9-13-6-7-14(10-15)17-13/h11-15,17H,5-10H2,1-4H3. The second kappa shape index (κ2) is 6.90. The van der Waals surface area contributed by atoms with E-state index in [2.05, 4.69) is 24.1 Å². The Labute approximate surface area is 123 Å². The Balaban J connectivity index is 2.04. The van der Waals surface area contributed by atoms with Crippen LogP contribution in [0.5, 0.6) is 0 Å². The van der Waals surface area contributed by atoms with Gasteiger partial charge in [-0.25, -0.2) is 0 Å². The fraction of sp³-hybridized carbons (Fsp3) is 0.938. The van der Waals surface area contributed by atoms with Crippen molar-refractivity contribution in [3.8, 4) is 0 Å². The average molecular weight is 282 g/mol. The van der Waals surface area contributed by atoms with Gasteiger partial charge < -0.3 is 10.1 Å². The van der Waals surface area contributed by atoms with Crippen LogP contribution < -0.4 is 5.32 Å². The van der Waals surface area contributed by atoms with E-state index >= 15 is 0 Å². The summed E-state index contributed by atoms with van der Waals surface area (Å²) in [6.45, 7) is 7.47. The molecule has 2 aliphatic rings. The summed E-state index contributed by atoms with van der Waals surface area (Å²) < 4.78 is 4.93. The smallest absolute Gasteiger partial charge is 0.309 e. The van der Waals surface area contributed by atoms with Gasteiger partial charge in [-0.15, -0.1) is 0 Å². The van der Waals surface area contributed by atoms with Crippen molar-refractivity contribution in [2.75, 3.05) is 13.7 Å². The quantitative estimate of drug-likeness (QED) is 0.758. The van der Waals surface area contributed by atoms with E-state index in [1.807, 2.05) is 6.92 Å². The number of ether oxygens (including phenoxy) is 1. The summed E-state index contributed by atoms with van der Waals surface area (Å²) in [6, 6.07) is 2.26. The highest BCUT2D eigenvalue weighted by molar-refractivity contribution is 5.72. The molecule has 0 radical (unpaired) electrons. The minimum Gasteiger partial charge on any atom is -0.469 e. The summed E-state index contributed by atoms with van der Waals surface area (Å²) in [5, 5.41) is 3.70. The topological polar surface area (TPSA) is 41.6 Å². The fourth-order valence-electron chi connectivity index (χ4n) is 3.95. The van der Waals surface area contributed by atoms with Gasteiger partial charge in [-0.2, -0.15) is 0 Å². The summed E-state index contributed by atoms with van der Waals surface area (Å²) in [4.78, 5) is 14.4. The highest BCUT2D eigenvalue weighted by Gasteiger charge is 2.38. The largest absolute Gasteiger partial charge is 0.469 e. The van der Waals surface area contributed by atoms with E-state index in [-0.39, 0.29) is 17.9 Å². The molecular weight excluding hydrogens is 252 g/mol.